The summed E-state index contributed by atoms with van der Waals surface area (Å²) in [6.45, 7) is 7.35. The van der Waals surface area contributed by atoms with Gasteiger partial charge in [0.2, 0.25) is 0 Å². The maximum Gasteiger partial charge on any atom is 0.191 e. The first-order valence-corrected chi connectivity index (χ1v) is 8.57. The van der Waals surface area contributed by atoms with E-state index in [1.54, 1.807) is 19.3 Å². The third-order valence-electron chi connectivity index (χ3n) is 3.31. The lowest BCUT2D eigenvalue weighted by Gasteiger charge is -2.23. The van der Waals surface area contributed by atoms with E-state index >= 15 is 0 Å². The van der Waals surface area contributed by atoms with Crippen LogP contribution < -0.4 is 15.4 Å². The molecule has 1 aromatic heterocycles. The third-order valence-corrected chi connectivity index (χ3v) is 3.53. The first kappa shape index (κ1) is 22.5. The van der Waals surface area contributed by atoms with E-state index in [9.17, 15) is 0 Å². The van der Waals surface area contributed by atoms with Gasteiger partial charge in [-0.15, -0.1) is 24.0 Å². The van der Waals surface area contributed by atoms with E-state index in [0.717, 1.165) is 16.9 Å². The molecule has 0 aliphatic heterocycles. The van der Waals surface area contributed by atoms with Crippen molar-refractivity contribution in [3.05, 3.63) is 58.9 Å². The number of ether oxygens (including phenoxy) is 1. The number of halogens is 2. The van der Waals surface area contributed by atoms with Crippen molar-refractivity contribution in [2.24, 2.45) is 4.99 Å². The molecule has 2 N–H and O–H groups in total. The number of pyridine rings is 1. The Morgan fingerprint density at radius 1 is 1.12 bits per heavy atom. The zero-order chi connectivity index (χ0) is 18.3. The largest absolute Gasteiger partial charge is 0.488 e. The number of benzene rings is 1. The molecule has 0 unspecified atom stereocenters. The van der Waals surface area contributed by atoms with Gasteiger partial charge in [0.05, 0.1) is 0 Å². The van der Waals surface area contributed by atoms with Crippen LogP contribution in [0.25, 0.3) is 0 Å². The Labute approximate surface area is 177 Å². The van der Waals surface area contributed by atoms with Crippen LogP contribution in [-0.2, 0) is 13.1 Å². The molecule has 0 amide bonds. The normalized spacial score (nSPS) is 11.5. The minimum atomic E-state index is -0.238. The molecule has 2 rings (SSSR count). The van der Waals surface area contributed by atoms with Crippen LogP contribution in [0, 0.1) is 0 Å². The van der Waals surface area contributed by atoms with E-state index in [-0.39, 0.29) is 29.6 Å². The lowest BCUT2D eigenvalue weighted by molar-refractivity contribution is 0.129. The number of nitrogens with zero attached hydrogens (tertiary/aromatic N) is 2. The molecule has 0 spiro atoms. The van der Waals surface area contributed by atoms with Gasteiger partial charge in [0.25, 0.3) is 0 Å². The highest BCUT2D eigenvalue weighted by Crippen LogP contribution is 2.22. The number of hydrogen-bond donors (Lipinski definition) is 2. The van der Waals surface area contributed by atoms with Crippen LogP contribution in [0.4, 0.5) is 0 Å². The minimum absolute atomic E-state index is 0. The number of hydrogen-bond acceptors (Lipinski definition) is 3. The van der Waals surface area contributed by atoms with E-state index in [1.165, 1.54) is 0 Å². The summed E-state index contributed by atoms with van der Waals surface area (Å²) >= 11 is 5.80. The molecule has 0 saturated carbocycles. The van der Waals surface area contributed by atoms with Crippen LogP contribution in [0.15, 0.2) is 47.6 Å². The van der Waals surface area contributed by atoms with Crippen LogP contribution >= 0.6 is 35.6 Å². The topological polar surface area (TPSA) is 58.5 Å². The van der Waals surface area contributed by atoms with Gasteiger partial charge in [-0.25, -0.2) is 4.98 Å². The summed E-state index contributed by atoms with van der Waals surface area (Å²) < 4.78 is 6.02. The summed E-state index contributed by atoms with van der Waals surface area (Å²) in [6, 6.07) is 11.7. The van der Waals surface area contributed by atoms with Crippen LogP contribution in [-0.4, -0.2) is 23.6 Å². The number of rotatable bonds is 5. The van der Waals surface area contributed by atoms with Gasteiger partial charge in [-0.05, 0) is 38.5 Å². The van der Waals surface area contributed by atoms with Gasteiger partial charge in [-0.3, -0.25) is 4.99 Å². The molecule has 1 aromatic carbocycles. The van der Waals surface area contributed by atoms with E-state index in [2.05, 4.69) is 20.6 Å². The van der Waals surface area contributed by atoms with Crippen molar-refractivity contribution in [1.82, 2.24) is 15.6 Å². The zero-order valence-electron chi connectivity index (χ0n) is 15.5. The minimum Gasteiger partial charge on any atom is -0.488 e. The first-order valence-electron chi connectivity index (χ1n) is 8.19. The summed E-state index contributed by atoms with van der Waals surface area (Å²) in [5.74, 6) is 1.58. The summed E-state index contributed by atoms with van der Waals surface area (Å²) in [7, 11) is 1.74. The second-order valence-electron chi connectivity index (χ2n) is 6.59. The SMILES string of the molecule is CN=C(NCc1ccc(Cl)nc1)NCc1ccccc1OC(C)(C)C.I. The summed E-state index contributed by atoms with van der Waals surface area (Å²) in [5, 5.41) is 7.05. The first-order chi connectivity index (χ1) is 11.9. The van der Waals surface area contributed by atoms with Gasteiger partial charge in [-0.1, -0.05) is 35.9 Å². The Kier molecular flexibility index (Phi) is 9.15. The number of aromatic nitrogens is 1. The number of guanidine groups is 1. The summed E-state index contributed by atoms with van der Waals surface area (Å²) in [5.41, 5.74) is 1.87. The molecule has 1 heterocycles. The quantitative estimate of drug-likeness (QED) is 0.284. The highest BCUT2D eigenvalue weighted by atomic mass is 127. The van der Waals surface area contributed by atoms with E-state index in [4.69, 9.17) is 16.3 Å². The van der Waals surface area contributed by atoms with Crippen molar-refractivity contribution < 1.29 is 4.74 Å². The average Bonchev–Trinajstić information content (AvgIpc) is 2.56. The highest BCUT2D eigenvalue weighted by molar-refractivity contribution is 14.0. The van der Waals surface area contributed by atoms with Crippen LogP contribution in [0.3, 0.4) is 0 Å². The van der Waals surface area contributed by atoms with Crippen molar-refractivity contribution in [2.45, 2.75) is 39.5 Å². The van der Waals surface area contributed by atoms with Gasteiger partial charge < -0.3 is 15.4 Å². The Morgan fingerprint density at radius 3 is 2.42 bits per heavy atom. The van der Waals surface area contributed by atoms with Crippen molar-refractivity contribution in [2.75, 3.05) is 7.05 Å². The van der Waals surface area contributed by atoms with Gasteiger partial charge in [0, 0.05) is 31.9 Å². The van der Waals surface area contributed by atoms with Crippen LogP contribution in [0.1, 0.15) is 31.9 Å². The molecule has 0 radical (unpaired) electrons. The molecule has 0 fully saturated rings. The van der Waals surface area contributed by atoms with Gasteiger partial charge in [0.15, 0.2) is 5.96 Å². The van der Waals surface area contributed by atoms with E-state index < -0.39 is 0 Å². The standard InChI is InChI=1S/C19H25ClN4O.HI/c1-19(2,3)25-16-8-6-5-7-15(16)13-24-18(21-4)23-12-14-9-10-17(20)22-11-14;/h5-11H,12-13H2,1-4H3,(H2,21,23,24);1H. The molecular formula is C19H26ClIN4O. The predicted octanol–water partition coefficient (Wildman–Crippen LogP) is 4.40. The smallest absolute Gasteiger partial charge is 0.191 e. The second-order valence-corrected chi connectivity index (χ2v) is 6.98. The van der Waals surface area contributed by atoms with E-state index in [1.807, 2.05) is 51.1 Å². The molecule has 7 heteroatoms. The Balaban J connectivity index is 0.00000338. The fourth-order valence-electron chi connectivity index (χ4n) is 2.18. The summed E-state index contributed by atoms with van der Waals surface area (Å²) in [6.07, 6.45) is 1.75. The molecular weight excluding hydrogens is 463 g/mol. The maximum atomic E-state index is 6.02. The zero-order valence-corrected chi connectivity index (χ0v) is 18.6. The fraction of sp³-hybridized carbons (Fsp3) is 0.368. The molecule has 0 atom stereocenters. The molecule has 0 saturated heterocycles. The average molecular weight is 489 g/mol. The second kappa shape index (κ2) is 10.6. The molecule has 26 heavy (non-hydrogen) atoms. The lowest BCUT2D eigenvalue weighted by atomic mass is 10.1. The molecule has 142 valence electrons. The van der Waals surface area contributed by atoms with E-state index in [0.29, 0.717) is 24.2 Å². The van der Waals surface area contributed by atoms with Crippen LogP contribution in [0.2, 0.25) is 5.15 Å². The monoisotopic (exact) mass is 488 g/mol. The predicted molar refractivity (Wildman–Crippen MR) is 119 cm³/mol. The van der Waals surface area contributed by atoms with Crippen LogP contribution in [0.5, 0.6) is 5.75 Å². The number of aliphatic imine (C=N–C) groups is 1. The molecule has 0 aliphatic carbocycles. The molecule has 0 aliphatic rings. The molecule has 0 bridgehead atoms. The van der Waals surface area contributed by atoms with Crippen molar-refractivity contribution in [1.29, 1.82) is 0 Å². The van der Waals surface area contributed by atoms with Gasteiger partial charge in [0.1, 0.15) is 16.5 Å². The van der Waals surface area contributed by atoms with Gasteiger partial charge >= 0.3 is 0 Å². The Bertz CT molecular complexity index is 714. The lowest BCUT2D eigenvalue weighted by Crippen LogP contribution is -2.36. The van der Waals surface area contributed by atoms with Crippen molar-refractivity contribution >= 4 is 41.5 Å². The van der Waals surface area contributed by atoms with Crippen molar-refractivity contribution in [3.63, 3.8) is 0 Å². The summed E-state index contributed by atoms with van der Waals surface area (Å²) in [4.78, 5) is 8.32. The Morgan fingerprint density at radius 2 is 1.81 bits per heavy atom. The number of para-hydroxylation sites is 1. The molecule has 2 aromatic rings. The van der Waals surface area contributed by atoms with Crippen molar-refractivity contribution in [3.8, 4) is 5.75 Å². The highest BCUT2D eigenvalue weighted by Gasteiger charge is 2.14. The Hall–Kier alpha value is -1.54. The number of nitrogens with one attached hydrogen (secondary N) is 2. The molecule has 5 nitrogen and oxygen atoms in total. The fourth-order valence-corrected chi connectivity index (χ4v) is 2.29. The van der Waals surface area contributed by atoms with Gasteiger partial charge in [-0.2, -0.15) is 0 Å². The maximum absolute atomic E-state index is 6.02. The third kappa shape index (κ3) is 7.78.